The zero-order valence-corrected chi connectivity index (χ0v) is 17.0. The van der Waals surface area contributed by atoms with Crippen LogP contribution in [0.2, 0.25) is 0 Å². The Kier molecular flexibility index (Phi) is 7.45. The van der Waals surface area contributed by atoms with Crippen molar-refractivity contribution < 1.29 is 9.59 Å². The number of nitrogens with one attached hydrogen (secondary N) is 1. The number of thiophene rings is 1. The van der Waals surface area contributed by atoms with E-state index in [1.165, 1.54) is 0 Å². The summed E-state index contributed by atoms with van der Waals surface area (Å²) < 4.78 is 0.847. The zero-order chi connectivity index (χ0) is 17.1. The molecule has 1 aromatic carbocycles. The van der Waals surface area contributed by atoms with Crippen molar-refractivity contribution in [3.63, 3.8) is 0 Å². The Morgan fingerprint density at radius 3 is 2.42 bits per heavy atom. The van der Waals surface area contributed by atoms with Gasteiger partial charge in [-0.15, -0.1) is 23.7 Å². The Hall–Kier alpha value is -1.37. The average molecular weight is 432 g/mol. The SMILES string of the molecule is Cc1cc(C(=O)CCC(=O)Nc2cc(Br)cc(C)c2N)c(C)s1.Cl. The summed E-state index contributed by atoms with van der Waals surface area (Å²) in [6.07, 6.45) is 0.327. The van der Waals surface area contributed by atoms with E-state index in [1.54, 1.807) is 17.4 Å². The molecule has 0 aliphatic rings. The van der Waals surface area contributed by atoms with Crippen molar-refractivity contribution in [1.82, 2.24) is 0 Å². The quantitative estimate of drug-likeness (QED) is 0.514. The summed E-state index contributed by atoms with van der Waals surface area (Å²) in [6.45, 7) is 5.77. The van der Waals surface area contributed by atoms with Crippen molar-refractivity contribution in [2.24, 2.45) is 0 Å². The monoisotopic (exact) mass is 430 g/mol. The number of nitrogen functional groups attached to an aromatic ring is 1. The second kappa shape index (κ2) is 8.65. The molecule has 0 atom stereocenters. The third-order valence-electron chi connectivity index (χ3n) is 3.55. The number of halogens is 2. The van der Waals surface area contributed by atoms with Crippen LogP contribution in [0.4, 0.5) is 11.4 Å². The molecule has 24 heavy (non-hydrogen) atoms. The fourth-order valence-corrected chi connectivity index (χ4v) is 3.85. The third-order valence-corrected chi connectivity index (χ3v) is 4.97. The van der Waals surface area contributed by atoms with Crippen LogP contribution in [0.15, 0.2) is 22.7 Å². The molecule has 0 spiro atoms. The molecule has 7 heteroatoms. The summed E-state index contributed by atoms with van der Waals surface area (Å²) in [5, 5.41) is 2.77. The molecule has 130 valence electrons. The summed E-state index contributed by atoms with van der Waals surface area (Å²) in [4.78, 5) is 26.4. The molecule has 2 rings (SSSR count). The lowest BCUT2D eigenvalue weighted by molar-refractivity contribution is -0.116. The lowest BCUT2D eigenvalue weighted by atomic mass is 10.1. The highest BCUT2D eigenvalue weighted by Gasteiger charge is 2.15. The van der Waals surface area contributed by atoms with Crippen LogP contribution in [-0.4, -0.2) is 11.7 Å². The van der Waals surface area contributed by atoms with Crippen molar-refractivity contribution >= 4 is 62.7 Å². The Bertz CT molecular complexity index is 774. The molecule has 4 nitrogen and oxygen atoms in total. The first-order valence-electron chi connectivity index (χ1n) is 7.23. The minimum atomic E-state index is -0.216. The fraction of sp³-hybridized carbons (Fsp3) is 0.294. The molecule has 1 amide bonds. The first-order valence-corrected chi connectivity index (χ1v) is 8.84. The summed E-state index contributed by atoms with van der Waals surface area (Å²) in [7, 11) is 0. The molecule has 0 bridgehead atoms. The Balaban J connectivity index is 0.00000288. The van der Waals surface area contributed by atoms with Crippen molar-refractivity contribution in [1.29, 1.82) is 0 Å². The molecular weight excluding hydrogens is 412 g/mol. The molecule has 0 unspecified atom stereocenters. The molecule has 2 aromatic rings. The third kappa shape index (κ3) is 5.06. The number of anilines is 2. The van der Waals surface area contributed by atoms with Gasteiger partial charge < -0.3 is 11.1 Å². The molecular formula is C17H20BrClN2O2S. The predicted molar refractivity (Wildman–Crippen MR) is 107 cm³/mol. The van der Waals surface area contributed by atoms with Gasteiger partial charge in [0.05, 0.1) is 11.4 Å². The second-order valence-electron chi connectivity index (χ2n) is 5.48. The second-order valence-corrected chi connectivity index (χ2v) is 7.86. The lowest BCUT2D eigenvalue weighted by Crippen LogP contribution is -2.15. The van der Waals surface area contributed by atoms with Gasteiger partial charge >= 0.3 is 0 Å². The molecule has 0 saturated carbocycles. The standard InChI is InChI=1S/C17H19BrN2O2S.ClH/c1-9-6-12(18)8-14(17(9)19)20-16(22)5-4-15(21)13-7-10(2)23-11(13)3;/h6-8H,4-5,19H2,1-3H3,(H,20,22);1H. The van der Waals surface area contributed by atoms with Crippen LogP contribution >= 0.6 is 39.7 Å². The molecule has 0 saturated heterocycles. The van der Waals surface area contributed by atoms with Gasteiger partial charge in [0.15, 0.2) is 5.78 Å². The van der Waals surface area contributed by atoms with Crippen LogP contribution in [-0.2, 0) is 4.79 Å². The number of ketones is 1. The van der Waals surface area contributed by atoms with E-state index >= 15 is 0 Å². The summed E-state index contributed by atoms with van der Waals surface area (Å²) >= 11 is 4.98. The molecule has 0 fully saturated rings. The van der Waals surface area contributed by atoms with Gasteiger partial charge in [-0.2, -0.15) is 0 Å². The number of carbonyl (C=O) groups is 2. The molecule has 0 aliphatic heterocycles. The zero-order valence-electron chi connectivity index (χ0n) is 13.7. The number of amides is 1. The number of carbonyl (C=O) groups excluding carboxylic acids is 2. The van der Waals surface area contributed by atoms with E-state index in [1.807, 2.05) is 32.9 Å². The van der Waals surface area contributed by atoms with Gasteiger partial charge in [0.2, 0.25) is 5.91 Å². The van der Waals surface area contributed by atoms with E-state index in [0.29, 0.717) is 11.4 Å². The highest BCUT2D eigenvalue weighted by atomic mass is 79.9. The van der Waals surface area contributed by atoms with E-state index in [4.69, 9.17) is 5.73 Å². The average Bonchev–Trinajstić information content (AvgIpc) is 2.80. The van der Waals surface area contributed by atoms with Crippen LogP contribution in [0.1, 0.15) is 38.5 Å². The number of Topliss-reactive ketones (excluding diaryl/α,β-unsaturated/α-hetero) is 1. The molecule has 3 N–H and O–H groups in total. The largest absolute Gasteiger partial charge is 0.397 e. The van der Waals surface area contributed by atoms with E-state index in [0.717, 1.165) is 25.4 Å². The maximum Gasteiger partial charge on any atom is 0.224 e. The number of hydrogen-bond acceptors (Lipinski definition) is 4. The minimum absolute atomic E-state index is 0. The topological polar surface area (TPSA) is 72.2 Å². The number of rotatable bonds is 5. The van der Waals surface area contributed by atoms with Gasteiger partial charge in [0, 0.05) is 32.6 Å². The Morgan fingerprint density at radius 1 is 1.17 bits per heavy atom. The highest BCUT2D eigenvalue weighted by molar-refractivity contribution is 9.10. The maximum absolute atomic E-state index is 12.2. The van der Waals surface area contributed by atoms with Crippen LogP contribution < -0.4 is 11.1 Å². The van der Waals surface area contributed by atoms with Crippen molar-refractivity contribution in [2.75, 3.05) is 11.1 Å². The number of aryl methyl sites for hydroxylation is 3. The van der Waals surface area contributed by atoms with E-state index in [-0.39, 0.29) is 36.9 Å². The van der Waals surface area contributed by atoms with Gasteiger partial charge in [-0.25, -0.2) is 0 Å². The van der Waals surface area contributed by atoms with Crippen LogP contribution in [0.25, 0.3) is 0 Å². The maximum atomic E-state index is 12.2. The summed E-state index contributed by atoms with van der Waals surface area (Å²) in [5.41, 5.74) is 8.68. The van der Waals surface area contributed by atoms with Crippen LogP contribution in [0, 0.1) is 20.8 Å². The van der Waals surface area contributed by atoms with Gasteiger partial charge in [-0.1, -0.05) is 15.9 Å². The molecule has 0 radical (unpaired) electrons. The number of benzene rings is 1. The van der Waals surface area contributed by atoms with Gasteiger partial charge in [-0.05, 0) is 44.5 Å². The summed E-state index contributed by atoms with van der Waals surface area (Å²) in [6, 6.07) is 5.53. The number of nitrogens with two attached hydrogens (primary N) is 1. The van der Waals surface area contributed by atoms with E-state index in [9.17, 15) is 9.59 Å². The highest BCUT2D eigenvalue weighted by Crippen LogP contribution is 2.28. The van der Waals surface area contributed by atoms with E-state index in [2.05, 4.69) is 21.2 Å². The molecule has 1 aromatic heterocycles. The van der Waals surface area contributed by atoms with Crippen molar-refractivity contribution in [3.05, 3.63) is 43.6 Å². The number of hydrogen-bond donors (Lipinski definition) is 2. The van der Waals surface area contributed by atoms with Crippen LogP contribution in [0.5, 0.6) is 0 Å². The lowest BCUT2D eigenvalue weighted by Gasteiger charge is -2.11. The van der Waals surface area contributed by atoms with Gasteiger partial charge in [0.1, 0.15) is 0 Å². The molecule has 0 aliphatic carbocycles. The normalized spacial score (nSPS) is 10.2. The molecule has 1 heterocycles. The van der Waals surface area contributed by atoms with Gasteiger partial charge in [0.25, 0.3) is 0 Å². The van der Waals surface area contributed by atoms with Crippen molar-refractivity contribution in [3.8, 4) is 0 Å². The van der Waals surface area contributed by atoms with Crippen LogP contribution in [0.3, 0.4) is 0 Å². The summed E-state index contributed by atoms with van der Waals surface area (Å²) in [5.74, 6) is -0.215. The van der Waals surface area contributed by atoms with Crippen molar-refractivity contribution in [2.45, 2.75) is 33.6 Å². The fourth-order valence-electron chi connectivity index (χ4n) is 2.34. The Labute approximate surface area is 160 Å². The Morgan fingerprint density at radius 2 is 1.83 bits per heavy atom. The van der Waals surface area contributed by atoms with E-state index < -0.39 is 0 Å². The smallest absolute Gasteiger partial charge is 0.224 e. The first kappa shape index (κ1) is 20.7. The van der Waals surface area contributed by atoms with Gasteiger partial charge in [-0.3, -0.25) is 9.59 Å². The predicted octanol–water partition coefficient (Wildman–Crippen LogP) is 5.04. The first-order chi connectivity index (χ1) is 10.8. The minimum Gasteiger partial charge on any atom is -0.397 e.